The van der Waals surface area contributed by atoms with Crippen LogP contribution in [0.3, 0.4) is 0 Å². The average Bonchev–Trinajstić information content (AvgIpc) is 3.43. The first-order valence-corrected chi connectivity index (χ1v) is 7.84. The van der Waals surface area contributed by atoms with Gasteiger partial charge in [0.1, 0.15) is 5.75 Å². The number of ether oxygens (including phenoxy) is 1. The Hall–Kier alpha value is -2.89. The fraction of sp³-hybridized carbons (Fsp3) is 0.278. The summed E-state index contributed by atoms with van der Waals surface area (Å²) in [4.78, 5) is 29.6. The second kappa shape index (κ2) is 7.12. The van der Waals surface area contributed by atoms with Gasteiger partial charge in [-0.15, -0.1) is 0 Å². The van der Waals surface area contributed by atoms with Crippen molar-refractivity contribution in [1.29, 1.82) is 0 Å². The predicted octanol–water partition coefficient (Wildman–Crippen LogP) is 1.75. The first-order valence-electron chi connectivity index (χ1n) is 7.84. The molecule has 24 heavy (non-hydrogen) atoms. The molecule has 0 spiro atoms. The van der Waals surface area contributed by atoms with Gasteiger partial charge in [0, 0.05) is 30.5 Å². The highest BCUT2D eigenvalue weighted by Gasteiger charge is 2.33. The molecule has 0 atom stereocenters. The van der Waals surface area contributed by atoms with E-state index in [2.05, 4.69) is 4.98 Å². The predicted molar refractivity (Wildman–Crippen MR) is 88.3 cm³/mol. The Bertz CT molecular complexity index is 729. The molecule has 0 bridgehead atoms. The minimum atomic E-state index is -0.552. The zero-order chi connectivity index (χ0) is 16.9. The fourth-order valence-corrected chi connectivity index (χ4v) is 2.48. The summed E-state index contributed by atoms with van der Waals surface area (Å²) in [7, 11) is 0. The lowest BCUT2D eigenvalue weighted by atomic mass is 10.1. The standard InChI is InChI=1S/C18H19N3O3/c19-17(22)12-24-16-3-1-2-14(10-16)18(23)21(15-4-5-15)11-13-6-8-20-9-7-13/h1-3,6-10,15H,4-5,11-12H2,(H2,19,22). The summed E-state index contributed by atoms with van der Waals surface area (Å²) in [6.07, 6.45) is 5.50. The zero-order valence-corrected chi connectivity index (χ0v) is 13.2. The van der Waals surface area contributed by atoms with Gasteiger partial charge in [-0.05, 0) is 48.7 Å². The van der Waals surface area contributed by atoms with Crippen molar-refractivity contribution < 1.29 is 14.3 Å². The highest BCUT2D eigenvalue weighted by molar-refractivity contribution is 5.95. The number of hydrogen-bond donors (Lipinski definition) is 1. The molecule has 1 aromatic carbocycles. The summed E-state index contributed by atoms with van der Waals surface area (Å²) in [5.74, 6) is -0.137. The number of nitrogens with zero attached hydrogens (tertiary/aromatic N) is 2. The van der Waals surface area contributed by atoms with Crippen molar-refractivity contribution in [3.8, 4) is 5.75 Å². The number of amides is 2. The van der Waals surface area contributed by atoms with E-state index in [-0.39, 0.29) is 18.6 Å². The Morgan fingerprint density at radius 3 is 2.62 bits per heavy atom. The van der Waals surface area contributed by atoms with Gasteiger partial charge in [-0.25, -0.2) is 0 Å². The molecule has 1 aliphatic rings. The molecule has 0 unspecified atom stereocenters. The Morgan fingerprint density at radius 1 is 1.21 bits per heavy atom. The van der Waals surface area contributed by atoms with Crippen LogP contribution in [0.4, 0.5) is 0 Å². The molecule has 1 aliphatic carbocycles. The Labute approximate surface area is 140 Å². The molecule has 6 heteroatoms. The number of pyridine rings is 1. The van der Waals surface area contributed by atoms with Gasteiger partial charge in [-0.3, -0.25) is 14.6 Å². The Kier molecular flexibility index (Phi) is 4.74. The van der Waals surface area contributed by atoms with Gasteiger partial charge in [-0.2, -0.15) is 0 Å². The van der Waals surface area contributed by atoms with Crippen molar-refractivity contribution in [3.63, 3.8) is 0 Å². The van der Waals surface area contributed by atoms with E-state index < -0.39 is 5.91 Å². The Morgan fingerprint density at radius 2 is 1.96 bits per heavy atom. The SMILES string of the molecule is NC(=O)COc1cccc(C(=O)N(Cc2ccncc2)C2CC2)c1. The van der Waals surface area contributed by atoms with Crippen LogP contribution in [0, 0.1) is 0 Å². The van der Waals surface area contributed by atoms with Crippen molar-refractivity contribution in [2.45, 2.75) is 25.4 Å². The van der Waals surface area contributed by atoms with Crippen LogP contribution in [0.15, 0.2) is 48.8 Å². The number of hydrogen-bond acceptors (Lipinski definition) is 4. The molecule has 6 nitrogen and oxygen atoms in total. The average molecular weight is 325 g/mol. The molecule has 1 aromatic heterocycles. The summed E-state index contributed by atoms with van der Waals surface area (Å²) < 4.78 is 5.28. The first-order chi connectivity index (χ1) is 11.6. The Balaban J connectivity index is 1.75. The number of primary amides is 1. The zero-order valence-electron chi connectivity index (χ0n) is 13.2. The van der Waals surface area contributed by atoms with Crippen LogP contribution in [-0.2, 0) is 11.3 Å². The molecule has 1 heterocycles. The minimum Gasteiger partial charge on any atom is -0.484 e. The first kappa shape index (κ1) is 16.0. The van der Waals surface area contributed by atoms with E-state index in [4.69, 9.17) is 10.5 Å². The van der Waals surface area contributed by atoms with E-state index >= 15 is 0 Å². The monoisotopic (exact) mass is 325 g/mol. The third-order valence-electron chi connectivity index (χ3n) is 3.81. The quantitative estimate of drug-likeness (QED) is 0.840. The molecule has 124 valence electrons. The summed E-state index contributed by atoms with van der Waals surface area (Å²) in [5, 5.41) is 0. The topological polar surface area (TPSA) is 85.5 Å². The molecular formula is C18H19N3O3. The number of benzene rings is 1. The van der Waals surface area contributed by atoms with Gasteiger partial charge in [0.05, 0.1) is 0 Å². The summed E-state index contributed by atoms with van der Waals surface area (Å²) in [6.45, 7) is 0.347. The van der Waals surface area contributed by atoms with E-state index in [0.29, 0.717) is 17.9 Å². The maximum atomic E-state index is 12.9. The van der Waals surface area contributed by atoms with Crippen molar-refractivity contribution in [3.05, 3.63) is 59.9 Å². The number of aromatic nitrogens is 1. The maximum Gasteiger partial charge on any atom is 0.255 e. The van der Waals surface area contributed by atoms with E-state index in [1.54, 1.807) is 36.7 Å². The summed E-state index contributed by atoms with van der Waals surface area (Å²) in [5.41, 5.74) is 6.66. The largest absolute Gasteiger partial charge is 0.484 e. The number of rotatable bonds is 7. The number of nitrogens with two attached hydrogens (primary N) is 1. The lowest BCUT2D eigenvalue weighted by molar-refractivity contribution is -0.119. The van der Waals surface area contributed by atoms with Crippen molar-refractivity contribution in [2.24, 2.45) is 5.73 Å². The van der Waals surface area contributed by atoms with Gasteiger partial charge in [0.25, 0.3) is 11.8 Å². The minimum absolute atomic E-state index is 0.0427. The van der Waals surface area contributed by atoms with Crippen LogP contribution < -0.4 is 10.5 Å². The van der Waals surface area contributed by atoms with Crippen LogP contribution >= 0.6 is 0 Å². The summed E-state index contributed by atoms with van der Waals surface area (Å²) in [6, 6.07) is 10.9. The third-order valence-corrected chi connectivity index (χ3v) is 3.81. The summed E-state index contributed by atoms with van der Waals surface area (Å²) >= 11 is 0. The highest BCUT2D eigenvalue weighted by atomic mass is 16.5. The smallest absolute Gasteiger partial charge is 0.255 e. The molecule has 1 fully saturated rings. The van der Waals surface area contributed by atoms with Crippen molar-refractivity contribution in [1.82, 2.24) is 9.88 Å². The van der Waals surface area contributed by atoms with Crippen LogP contribution in [0.25, 0.3) is 0 Å². The van der Waals surface area contributed by atoms with Crippen LogP contribution in [-0.4, -0.2) is 34.3 Å². The second-order valence-corrected chi connectivity index (χ2v) is 5.80. The second-order valence-electron chi connectivity index (χ2n) is 5.80. The molecular weight excluding hydrogens is 306 g/mol. The lowest BCUT2D eigenvalue weighted by Crippen LogP contribution is -2.32. The highest BCUT2D eigenvalue weighted by Crippen LogP contribution is 2.30. The molecule has 3 rings (SSSR count). The van der Waals surface area contributed by atoms with Crippen LogP contribution in [0.1, 0.15) is 28.8 Å². The number of carbonyl (C=O) groups excluding carboxylic acids is 2. The van der Waals surface area contributed by atoms with E-state index in [1.807, 2.05) is 17.0 Å². The lowest BCUT2D eigenvalue weighted by Gasteiger charge is -2.23. The van der Waals surface area contributed by atoms with Crippen LogP contribution in [0.5, 0.6) is 5.75 Å². The van der Waals surface area contributed by atoms with Gasteiger partial charge in [0.15, 0.2) is 6.61 Å². The van der Waals surface area contributed by atoms with Gasteiger partial charge in [-0.1, -0.05) is 6.07 Å². The van der Waals surface area contributed by atoms with Crippen molar-refractivity contribution >= 4 is 11.8 Å². The molecule has 1 saturated carbocycles. The molecule has 2 aromatic rings. The maximum absolute atomic E-state index is 12.9. The van der Waals surface area contributed by atoms with Crippen LogP contribution in [0.2, 0.25) is 0 Å². The molecule has 2 N–H and O–H groups in total. The van der Waals surface area contributed by atoms with Gasteiger partial charge in [0.2, 0.25) is 0 Å². The van der Waals surface area contributed by atoms with E-state index in [1.165, 1.54) is 0 Å². The van der Waals surface area contributed by atoms with Gasteiger partial charge >= 0.3 is 0 Å². The van der Waals surface area contributed by atoms with E-state index in [0.717, 1.165) is 18.4 Å². The molecule has 2 amide bonds. The van der Waals surface area contributed by atoms with Gasteiger partial charge < -0.3 is 15.4 Å². The molecule has 0 saturated heterocycles. The van der Waals surface area contributed by atoms with E-state index in [9.17, 15) is 9.59 Å². The molecule has 0 radical (unpaired) electrons. The third kappa shape index (κ3) is 4.10. The normalized spacial score (nSPS) is 13.3. The fourth-order valence-electron chi connectivity index (χ4n) is 2.48. The molecule has 0 aliphatic heterocycles. The number of carbonyl (C=O) groups is 2. The van der Waals surface area contributed by atoms with Crippen molar-refractivity contribution in [2.75, 3.05) is 6.61 Å².